The average Bonchev–Trinajstić information content (AvgIpc) is 3.67. The second-order valence-corrected chi connectivity index (χ2v) is 19.5. The first-order chi connectivity index (χ1) is 34.7. The van der Waals surface area contributed by atoms with E-state index in [0.29, 0.717) is 51.8 Å². The van der Waals surface area contributed by atoms with E-state index >= 15 is 0 Å². The summed E-state index contributed by atoms with van der Waals surface area (Å²) in [5.41, 5.74) is -0.495. The Morgan fingerprint density at radius 3 is 1.36 bits per heavy atom. The van der Waals surface area contributed by atoms with Gasteiger partial charge < -0.3 is 72.2 Å². The third kappa shape index (κ3) is 23.2. The van der Waals surface area contributed by atoms with Gasteiger partial charge in [0.15, 0.2) is 18.2 Å². The number of ether oxygens (including phenoxy) is 13. The summed E-state index contributed by atoms with van der Waals surface area (Å²) in [6, 6.07) is -1.58. The Kier molecular flexibility index (Phi) is 29.1. The first kappa shape index (κ1) is 65.6. The Hall–Kier alpha value is -4.52. The van der Waals surface area contributed by atoms with Crippen LogP contribution in [0, 0.1) is 17.8 Å². The van der Waals surface area contributed by atoms with Crippen molar-refractivity contribution in [1.29, 1.82) is 0 Å². The van der Waals surface area contributed by atoms with Crippen LogP contribution in [-0.4, -0.2) is 173 Å². The lowest BCUT2D eigenvalue weighted by molar-refractivity contribution is -0.255. The molecule has 0 aromatic heterocycles. The lowest BCUT2D eigenvalue weighted by atomic mass is 9.87. The van der Waals surface area contributed by atoms with Crippen molar-refractivity contribution in [3.8, 4) is 0 Å². The van der Waals surface area contributed by atoms with Gasteiger partial charge >= 0.3 is 29.8 Å². The van der Waals surface area contributed by atoms with Gasteiger partial charge in [-0.2, -0.15) is 0 Å². The fourth-order valence-corrected chi connectivity index (χ4v) is 8.85. The molecule has 15 atom stereocenters. The molecule has 0 radical (unpaired) electrons. The second kappa shape index (κ2) is 32.8. The second-order valence-electron chi connectivity index (χ2n) is 19.5. The smallest absolute Gasteiger partial charge is 0.308 e. The van der Waals surface area contributed by atoms with Gasteiger partial charge in [-0.05, 0) is 40.0 Å². The van der Waals surface area contributed by atoms with Crippen LogP contribution in [0.4, 0.5) is 0 Å². The highest BCUT2D eigenvalue weighted by Gasteiger charge is 2.50. The number of nitrogens with one attached hydrogen (secondary N) is 2. The van der Waals surface area contributed by atoms with Gasteiger partial charge in [0.05, 0.1) is 71.0 Å². The number of rotatable bonds is 22. The molecule has 2 amide bonds. The molecule has 2 N–H and O–H groups in total. The van der Waals surface area contributed by atoms with Crippen LogP contribution in [0.2, 0.25) is 0 Å². The highest BCUT2D eigenvalue weighted by atomic mass is 16.7. The minimum absolute atomic E-state index is 0.0432. The maximum Gasteiger partial charge on any atom is 0.308 e. The zero-order chi connectivity index (χ0) is 55.9. The van der Waals surface area contributed by atoms with Crippen LogP contribution < -0.4 is 10.6 Å². The van der Waals surface area contributed by atoms with Crippen LogP contribution in [-0.2, 0) is 95.1 Å². The van der Waals surface area contributed by atoms with Gasteiger partial charge in [-0.25, -0.2) is 4.99 Å². The van der Waals surface area contributed by atoms with Crippen molar-refractivity contribution >= 4 is 47.6 Å². The molecule has 0 aromatic rings. The standard InChI is InChI=1S/C25H45NO10.C14H23NO6.C12H19NO4/c1-8-20-17(2)23(34-19(4)28)22(26-18(3)27)24(35-20)33-16-15-32-14-13-31-12-11-30-10-9-21(29)36-25(5,6)7;1-6-11-7(2)13(19-9(4)17)12(15-8(3)16)14(21-11)20-10(5)18;1-5-9-6(2)11(16-8(4)14)10-12(17-9)15-7(3)13-10/h17,20,22-24H,8-16H2,1-7H3,(H,26,27);7,11-14H,6H2,1-5H3,(H,15,16);6,9-12H,5H2,1-4H3. The van der Waals surface area contributed by atoms with Gasteiger partial charge in [0, 0.05) is 66.2 Å². The molecule has 4 heterocycles. The summed E-state index contributed by atoms with van der Waals surface area (Å²) in [6.45, 7) is 29.4. The zero-order valence-electron chi connectivity index (χ0n) is 46.6. The zero-order valence-corrected chi connectivity index (χ0v) is 46.6. The first-order valence-corrected chi connectivity index (χ1v) is 25.7. The molecule has 0 aliphatic carbocycles. The number of esters is 5. The van der Waals surface area contributed by atoms with Crippen LogP contribution in [0.25, 0.3) is 0 Å². The van der Waals surface area contributed by atoms with Crippen molar-refractivity contribution < 1.29 is 95.1 Å². The van der Waals surface area contributed by atoms with Gasteiger partial charge in [0.25, 0.3) is 0 Å². The number of carbonyl (C=O) groups excluding carboxylic acids is 7. The summed E-state index contributed by atoms with van der Waals surface area (Å²) < 4.78 is 71.9. The number of hydrogen-bond acceptors (Lipinski definition) is 21. The van der Waals surface area contributed by atoms with Gasteiger partial charge in [-0.15, -0.1) is 0 Å². The molecule has 0 spiro atoms. The van der Waals surface area contributed by atoms with Crippen LogP contribution in [0.5, 0.6) is 0 Å². The molecule has 4 rings (SSSR count). The molecule has 0 bridgehead atoms. The Morgan fingerprint density at radius 2 is 0.932 bits per heavy atom. The van der Waals surface area contributed by atoms with Crippen LogP contribution in [0.1, 0.15) is 136 Å². The van der Waals surface area contributed by atoms with E-state index in [9.17, 15) is 33.6 Å². The molecule has 23 heteroatoms. The molecule has 3 saturated heterocycles. The number of hydrogen-bond donors (Lipinski definition) is 2. The third-order valence-electron chi connectivity index (χ3n) is 12.0. The first-order valence-electron chi connectivity index (χ1n) is 25.7. The summed E-state index contributed by atoms with van der Waals surface area (Å²) in [5.74, 6) is -2.08. The largest absolute Gasteiger partial charge is 0.460 e. The molecule has 74 heavy (non-hydrogen) atoms. The fraction of sp³-hybridized carbons (Fsp3) is 0.843. The Labute approximate surface area is 437 Å². The van der Waals surface area contributed by atoms with E-state index in [2.05, 4.69) is 22.5 Å². The molecular formula is C51H87N3O20. The van der Waals surface area contributed by atoms with Crippen LogP contribution in [0.3, 0.4) is 0 Å². The Bertz CT molecular complexity index is 1810. The number of amides is 2. The molecular weight excluding hydrogens is 975 g/mol. The average molecular weight is 1060 g/mol. The van der Waals surface area contributed by atoms with Crippen molar-refractivity contribution in [3.05, 3.63) is 0 Å². The minimum Gasteiger partial charge on any atom is -0.460 e. The minimum atomic E-state index is -0.975. The monoisotopic (exact) mass is 1060 g/mol. The van der Waals surface area contributed by atoms with Crippen LogP contribution in [0.15, 0.2) is 4.99 Å². The highest BCUT2D eigenvalue weighted by Crippen LogP contribution is 2.36. The molecule has 0 saturated carbocycles. The molecule has 426 valence electrons. The van der Waals surface area contributed by atoms with Crippen molar-refractivity contribution in [1.82, 2.24) is 10.6 Å². The summed E-state index contributed by atoms with van der Waals surface area (Å²) >= 11 is 0. The van der Waals surface area contributed by atoms with E-state index in [1.807, 2.05) is 55.4 Å². The van der Waals surface area contributed by atoms with Crippen LogP contribution >= 0.6 is 0 Å². The predicted octanol–water partition coefficient (Wildman–Crippen LogP) is 4.26. The van der Waals surface area contributed by atoms with Gasteiger partial charge in [-0.1, -0.05) is 41.5 Å². The lowest BCUT2D eigenvalue weighted by Crippen LogP contribution is -2.62. The molecule has 4 aliphatic heterocycles. The van der Waals surface area contributed by atoms with Crippen molar-refractivity contribution in [2.75, 3.05) is 46.2 Å². The SMILES string of the molecule is CCC1OC(OC(C)=O)C(NC(C)=O)C(OC(C)=O)C1C.CCC1OC(OCCOCCOCCOCCC(=O)OC(C)(C)C)C(NC(C)=O)C(OC(C)=O)C1C.CCC1OC2OC(C)=NC2C(OC(C)=O)C1C. The van der Waals surface area contributed by atoms with Gasteiger partial charge in [-0.3, -0.25) is 33.6 Å². The fourth-order valence-electron chi connectivity index (χ4n) is 8.85. The Balaban J connectivity index is 0.000000415. The maximum atomic E-state index is 11.8. The summed E-state index contributed by atoms with van der Waals surface area (Å²) in [5, 5.41) is 5.45. The number of fused-ring (bicyclic) bond motifs is 1. The molecule has 23 nitrogen and oxygen atoms in total. The maximum absolute atomic E-state index is 11.8. The van der Waals surface area contributed by atoms with Crippen molar-refractivity contribution in [3.63, 3.8) is 0 Å². The van der Waals surface area contributed by atoms with E-state index in [1.165, 1.54) is 41.5 Å². The molecule has 4 aliphatic rings. The summed E-state index contributed by atoms with van der Waals surface area (Å²) in [7, 11) is 0. The molecule has 0 aromatic carbocycles. The van der Waals surface area contributed by atoms with E-state index in [4.69, 9.17) is 61.6 Å². The lowest BCUT2D eigenvalue weighted by Gasteiger charge is -2.44. The number of aliphatic imine (C=N–C) groups is 1. The summed E-state index contributed by atoms with van der Waals surface area (Å²) in [4.78, 5) is 84.5. The van der Waals surface area contributed by atoms with E-state index < -0.39 is 66.7 Å². The molecule has 3 fully saturated rings. The quantitative estimate of drug-likeness (QED) is 0.0871. The molecule has 15 unspecified atom stereocenters. The normalized spacial score (nSPS) is 30.2. The van der Waals surface area contributed by atoms with Gasteiger partial charge in [0.2, 0.25) is 24.4 Å². The predicted molar refractivity (Wildman–Crippen MR) is 265 cm³/mol. The highest BCUT2D eigenvalue weighted by molar-refractivity contribution is 5.76. The summed E-state index contributed by atoms with van der Waals surface area (Å²) in [6.07, 6.45) is -1.49. The van der Waals surface area contributed by atoms with E-state index in [1.54, 1.807) is 6.92 Å². The van der Waals surface area contributed by atoms with Crippen molar-refractivity contribution in [2.24, 2.45) is 22.7 Å². The van der Waals surface area contributed by atoms with Crippen molar-refractivity contribution in [2.45, 2.75) is 216 Å². The van der Waals surface area contributed by atoms with E-state index in [-0.39, 0.29) is 91.6 Å². The Morgan fingerprint density at radius 1 is 0.541 bits per heavy atom. The van der Waals surface area contributed by atoms with Gasteiger partial charge in [0.1, 0.15) is 36.0 Å². The topological polar surface area (TPSA) is 276 Å². The number of carbonyl (C=O) groups is 7. The number of nitrogens with zero attached hydrogens (tertiary/aromatic N) is 1. The third-order valence-corrected chi connectivity index (χ3v) is 12.0. The van der Waals surface area contributed by atoms with E-state index in [0.717, 1.165) is 6.42 Å².